The Bertz CT molecular complexity index is 722. The summed E-state index contributed by atoms with van der Waals surface area (Å²) in [6, 6.07) is 0. The zero-order valence-corrected chi connectivity index (χ0v) is 30.6. The van der Waals surface area contributed by atoms with E-state index in [1.54, 1.807) is 6.08 Å². The average molecular weight is 626 g/mol. The molecule has 5 atom stereocenters. The second-order valence-electron chi connectivity index (χ2n) is 14.9. The van der Waals surface area contributed by atoms with E-state index in [9.17, 15) is 0 Å². The summed E-state index contributed by atoms with van der Waals surface area (Å²) in [4.78, 5) is -0.175. The molecular formula is C27H57BrO5Si3. The van der Waals surface area contributed by atoms with Crippen LogP contribution in [0.15, 0.2) is 12.7 Å². The van der Waals surface area contributed by atoms with Gasteiger partial charge in [-0.3, -0.25) is 0 Å². The van der Waals surface area contributed by atoms with Gasteiger partial charge >= 0.3 is 0 Å². The summed E-state index contributed by atoms with van der Waals surface area (Å²) in [6.45, 7) is 38.9. The quantitative estimate of drug-likeness (QED) is 0.138. The molecule has 0 aromatic carbocycles. The van der Waals surface area contributed by atoms with Gasteiger partial charge in [0.05, 0.1) is 30.2 Å². The van der Waals surface area contributed by atoms with Crippen LogP contribution in [-0.4, -0.2) is 67.6 Å². The van der Waals surface area contributed by atoms with Gasteiger partial charge < -0.3 is 22.8 Å². The summed E-state index contributed by atoms with van der Waals surface area (Å²) in [5.41, 5.74) is 0. The van der Waals surface area contributed by atoms with Gasteiger partial charge in [-0.05, 0) is 54.4 Å². The predicted octanol–water partition coefficient (Wildman–Crippen LogP) is 8.48. The summed E-state index contributed by atoms with van der Waals surface area (Å²) in [5.74, 6) is 0. The molecule has 0 unspecified atom stereocenters. The smallest absolute Gasteiger partial charge is 0.192 e. The molecule has 0 bridgehead atoms. The molecule has 1 aliphatic rings. The first kappa shape index (κ1) is 34.7. The Balaban J connectivity index is 3.53. The number of hydrogen-bond acceptors (Lipinski definition) is 5. The first-order chi connectivity index (χ1) is 15.9. The molecule has 0 aliphatic carbocycles. The van der Waals surface area contributed by atoms with E-state index >= 15 is 0 Å². The van der Waals surface area contributed by atoms with Crippen molar-refractivity contribution in [3.8, 4) is 0 Å². The van der Waals surface area contributed by atoms with E-state index in [0.717, 1.165) is 0 Å². The van der Waals surface area contributed by atoms with Gasteiger partial charge in [-0.25, -0.2) is 0 Å². The molecule has 1 saturated heterocycles. The summed E-state index contributed by atoms with van der Waals surface area (Å²) in [6.07, 6.45) is 0.484. The van der Waals surface area contributed by atoms with Crippen LogP contribution in [0.25, 0.3) is 0 Å². The molecule has 1 aliphatic heterocycles. The Morgan fingerprint density at radius 1 is 0.750 bits per heavy atom. The number of alkyl halides is 1. The van der Waals surface area contributed by atoms with E-state index in [2.05, 4.69) is 124 Å². The predicted molar refractivity (Wildman–Crippen MR) is 165 cm³/mol. The van der Waals surface area contributed by atoms with Crippen molar-refractivity contribution < 1.29 is 22.8 Å². The molecule has 1 heterocycles. The lowest BCUT2D eigenvalue weighted by Gasteiger charge is -2.52. The highest BCUT2D eigenvalue weighted by Crippen LogP contribution is 2.45. The first-order valence-corrected chi connectivity index (χ1v) is 23.0. The molecule has 0 amide bonds. The van der Waals surface area contributed by atoms with Gasteiger partial charge in [0.25, 0.3) is 0 Å². The van der Waals surface area contributed by atoms with Crippen LogP contribution < -0.4 is 0 Å². The van der Waals surface area contributed by atoms with Crippen molar-refractivity contribution in [3.63, 3.8) is 0 Å². The fourth-order valence-electron chi connectivity index (χ4n) is 3.12. The Morgan fingerprint density at radius 2 is 1.17 bits per heavy atom. The molecule has 0 radical (unpaired) electrons. The maximum absolute atomic E-state index is 7.14. The van der Waals surface area contributed by atoms with Gasteiger partial charge in [-0.2, -0.15) is 0 Å². The van der Waals surface area contributed by atoms with E-state index < -0.39 is 31.2 Å². The molecule has 0 aromatic heterocycles. The molecule has 36 heavy (non-hydrogen) atoms. The van der Waals surface area contributed by atoms with Crippen LogP contribution in [0.5, 0.6) is 0 Å². The van der Waals surface area contributed by atoms with Crippen molar-refractivity contribution in [2.45, 2.75) is 146 Å². The Hall–Kier alpha value is 0.671. The maximum atomic E-state index is 7.14. The standard InChI is InChI=1S/C27H57BrO5Si3/c1-17-18-29-24-21(28)23(33-36(15,16)27(8,9)10)22(32-35(13,14)26(5,6)7)20(31-24)19-30-34(11,12)25(2,3)4/h17,20-24H,1,18-19H2,2-16H3/t20-,21-,22-,23-,24-/m1/s1. The van der Waals surface area contributed by atoms with Crippen molar-refractivity contribution in [1.82, 2.24) is 0 Å². The molecule has 0 spiro atoms. The van der Waals surface area contributed by atoms with E-state index in [4.69, 9.17) is 22.8 Å². The minimum atomic E-state index is -2.15. The molecule has 9 heteroatoms. The zero-order valence-electron chi connectivity index (χ0n) is 26.0. The molecule has 1 fully saturated rings. The topological polar surface area (TPSA) is 46.2 Å². The lowest BCUT2D eigenvalue weighted by atomic mass is 10.0. The molecule has 5 nitrogen and oxygen atoms in total. The minimum Gasteiger partial charge on any atom is -0.414 e. The van der Waals surface area contributed by atoms with Crippen LogP contribution in [0.4, 0.5) is 0 Å². The number of ether oxygens (including phenoxy) is 2. The van der Waals surface area contributed by atoms with Crippen molar-refractivity contribution in [2.75, 3.05) is 13.2 Å². The van der Waals surface area contributed by atoms with Crippen molar-refractivity contribution in [2.24, 2.45) is 0 Å². The normalized spacial score (nSPS) is 27.3. The molecular weight excluding hydrogens is 568 g/mol. The Labute approximate surface area is 234 Å². The second kappa shape index (κ2) is 12.0. The third-order valence-electron chi connectivity index (χ3n) is 8.84. The number of halogens is 1. The molecule has 1 rings (SSSR count). The Kier molecular flexibility index (Phi) is 11.6. The molecule has 0 aromatic rings. The highest BCUT2D eigenvalue weighted by atomic mass is 79.9. The van der Waals surface area contributed by atoms with Crippen LogP contribution >= 0.6 is 15.9 Å². The summed E-state index contributed by atoms with van der Waals surface area (Å²) >= 11 is 3.94. The summed E-state index contributed by atoms with van der Waals surface area (Å²) < 4.78 is 33.7. The van der Waals surface area contributed by atoms with E-state index in [-0.39, 0.29) is 38.3 Å². The molecule has 0 saturated carbocycles. The largest absolute Gasteiger partial charge is 0.414 e. The lowest BCUT2D eigenvalue weighted by molar-refractivity contribution is -0.241. The van der Waals surface area contributed by atoms with Crippen LogP contribution in [-0.2, 0) is 22.8 Å². The number of hydrogen-bond donors (Lipinski definition) is 0. The molecule has 214 valence electrons. The van der Waals surface area contributed by atoms with Crippen LogP contribution in [0, 0.1) is 0 Å². The second-order valence-corrected chi connectivity index (χ2v) is 30.2. The van der Waals surface area contributed by atoms with Crippen molar-refractivity contribution >= 4 is 40.9 Å². The van der Waals surface area contributed by atoms with Crippen LogP contribution in [0.3, 0.4) is 0 Å². The summed E-state index contributed by atoms with van der Waals surface area (Å²) in [5, 5.41) is 0.215. The lowest BCUT2D eigenvalue weighted by Crippen LogP contribution is -2.65. The minimum absolute atomic E-state index is 0.0529. The van der Waals surface area contributed by atoms with Crippen molar-refractivity contribution in [1.29, 1.82) is 0 Å². The van der Waals surface area contributed by atoms with Crippen LogP contribution in [0.2, 0.25) is 54.4 Å². The van der Waals surface area contributed by atoms with Gasteiger partial charge in [0.1, 0.15) is 6.10 Å². The fourth-order valence-corrected chi connectivity index (χ4v) is 7.65. The first-order valence-electron chi connectivity index (χ1n) is 13.4. The fraction of sp³-hybridized carbons (Fsp3) is 0.926. The monoisotopic (exact) mass is 624 g/mol. The van der Waals surface area contributed by atoms with Crippen LogP contribution in [0.1, 0.15) is 62.3 Å². The van der Waals surface area contributed by atoms with Gasteiger partial charge in [-0.15, -0.1) is 6.58 Å². The molecule has 0 N–H and O–H groups in total. The number of rotatable bonds is 10. The zero-order chi connectivity index (χ0) is 28.5. The SMILES string of the molecule is C=CCO[C@@H]1O[C@H](CO[Si](C)(C)C(C)(C)C)[C@@H](O[Si](C)(C)C(C)(C)C)[C@H](O[Si](C)(C)C(C)(C)C)[C@H]1Br. The average Bonchev–Trinajstić information content (AvgIpc) is 2.66. The third kappa shape index (κ3) is 8.58. The Morgan fingerprint density at radius 3 is 1.56 bits per heavy atom. The third-order valence-corrected chi connectivity index (χ3v) is 23.2. The summed E-state index contributed by atoms with van der Waals surface area (Å²) in [7, 11) is -6.29. The van der Waals surface area contributed by atoms with Gasteiger partial charge in [0.15, 0.2) is 31.2 Å². The van der Waals surface area contributed by atoms with Gasteiger partial charge in [0.2, 0.25) is 0 Å². The van der Waals surface area contributed by atoms with Gasteiger partial charge in [0, 0.05) is 0 Å². The van der Waals surface area contributed by atoms with Crippen molar-refractivity contribution in [3.05, 3.63) is 12.7 Å². The maximum Gasteiger partial charge on any atom is 0.192 e. The van der Waals surface area contributed by atoms with E-state index in [1.165, 1.54) is 0 Å². The van der Waals surface area contributed by atoms with Gasteiger partial charge in [-0.1, -0.05) is 84.3 Å². The van der Waals surface area contributed by atoms with E-state index in [0.29, 0.717) is 13.2 Å². The van der Waals surface area contributed by atoms with E-state index in [1.807, 2.05) is 0 Å². The highest BCUT2D eigenvalue weighted by Gasteiger charge is 2.54. The highest BCUT2D eigenvalue weighted by molar-refractivity contribution is 9.09.